The summed E-state index contributed by atoms with van der Waals surface area (Å²) in [5.41, 5.74) is 2.25. The van der Waals surface area contributed by atoms with Crippen LogP contribution in [0, 0.1) is 6.92 Å². The van der Waals surface area contributed by atoms with Gasteiger partial charge in [0, 0.05) is 31.9 Å². The molecule has 1 saturated heterocycles. The monoisotopic (exact) mass is 505 g/mol. The Hall–Kier alpha value is -3.48. The lowest BCUT2D eigenvalue weighted by molar-refractivity contribution is -0.140. The summed E-state index contributed by atoms with van der Waals surface area (Å²) in [6.45, 7) is 4.33. The molecule has 0 radical (unpaired) electrons. The molecular weight excluding hydrogens is 478 g/mol. The van der Waals surface area contributed by atoms with Crippen molar-refractivity contribution in [3.8, 4) is 11.3 Å². The third-order valence-electron chi connectivity index (χ3n) is 6.53. The first-order valence-electron chi connectivity index (χ1n) is 11.8. The SMILES string of the molecule is CCN1CC[C@H](Nc2nc(NC)c3c(-c4ccc5nc(C)n(CC(F)(F)F)c5n4)ccn3n2)[C@H](F)C1. The Bertz CT molecular complexity index is 1390. The van der Waals surface area contributed by atoms with Crippen molar-refractivity contribution in [1.82, 2.24) is 34.0 Å². The van der Waals surface area contributed by atoms with Crippen molar-refractivity contribution in [2.75, 3.05) is 37.3 Å². The highest BCUT2D eigenvalue weighted by molar-refractivity contribution is 5.89. The van der Waals surface area contributed by atoms with Crippen LogP contribution >= 0.6 is 0 Å². The Kier molecular flexibility index (Phi) is 6.18. The molecule has 13 heteroatoms. The number of hydrogen-bond acceptors (Lipinski definition) is 7. The number of likely N-dealkylation sites (tertiary alicyclic amines) is 1. The number of halogens is 4. The van der Waals surface area contributed by atoms with Gasteiger partial charge in [-0.1, -0.05) is 6.92 Å². The molecule has 0 spiro atoms. The van der Waals surface area contributed by atoms with Crippen LogP contribution in [0.4, 0.5) is 29.3 Å². The Morgan fingerprint density at radius 2 is 1.94 bits per heavy atom. The molecule has 5 rings (SSSR count). The van der Waals surface area contributed by atoms with E-state index in [2.05, 4.69) is 35.6 Å². The van der Waals surface area contributed by atoms with E-state index in [0.29, 0.717) is 41.1 Å². The van der Waals surface area contributed by atoms with Crippen molar-refractivity contribution >= 4 is 28.4 Å². The molecule has 2 N–H and O–H groups in total. The lowest BCUT2D eigenvalue weighted by Crippen LogP contribution is -2.47. The van der Waals surface area contributed by atoms with Crippen LogP contribution in [0.5, 0.6) is 0 Å². The molecule has 0 aliphatic carbocycles. The predicted octanol–water partition coefficient (Wildman–Crippen LogP) is 3.90. The van der Waals surface area contributed by atoms with Crippen molar-refractivity contribution in [1.29, 1.82) is 0 Å². The number of imidazole rings is 1. The van der Waals surface area contributed by atoms with E-state index in [9.17, 15) is 17.6 Å². The highest BCUT2D eigenvalue weighted by atomic mass is 19.4. The van der Waals surface area contributed by atoms with Crippen LogP contribution in [-0.2, 0) is 6.54 Å². The molecule has 4 aromatic rings. The van der Waals surface area contributed by atoms with Gasteiger partial charge in [-0.25, -0.2) is 18.9 Å². The number of pyridine rings is 1. The minimum atomic E-state index is -4.40. The first-order chi connectivity index (χ1) is 17.2. The fraction of sp³-hybridized carbons (Fsp3) is 0.478. The first-order valence-corrected chi connectivity index (χ1v) is 11.8. The normalized spacial score (nSPS) is 19.3. The molecule has 5 heterocycles. The van der Waals surface area contributed by atoms with Crippen molar-refractivity contribution in [2.24, 2.45) is 0 Å². The summed E-state index contributed by atoms with van der Waals surface area (Å²) < 4.78 is 56.8. The van der Waals surface area contributed by atoms with Gasteiger partial charge < -0.3 is 20.1 Å². The Morgan fingerprint density at radius 1 is 1.14 bits per heavy atom. The van der Waals surface area contributed by atoms with E-state index in [1.165, 1.54) is 6.92 Å². The maximum atomic E-state index is 14.7. The lowest BCUT2D eigenvalue weighted by atomic mass is 10.0. The third kappa shape index (κ3) is 4.54. The molecule has 0 amide bonds. The van der Waals surface area contributed by atoms with Gasteiger partial charge in [0.25, 0.3) is 0 Å². The summed E-state index contributed by atoms with van der Waals surface area (Å²) in [6, 6.07) is 4.74. The Balaban J connectivity index is 1.50. The summed E-state index contributed by atoms with van der Waals surface area (Å²) in [6.07, 6.45) is -3.09. The number of aryl methyl sites for hydroxylation is 1. The largest absolute Gasteiger partial charge is 0.406 e. The van der Waals surface area contributed by atoms with Crippen LogP contribution < -0.4 is 10.6 Å². The van der Waals surface area contributed by atoms with Crippen molar-refractivity contribution in [3.63, 3.8) is 0 Å². The second kappa shape index (κ2) is 9.19. The van der Waals surface area contributed by atoms with E-state index in [1.807, 2.05) is 6.92 Å². The second-order valence-electron chi connectivity index (χ2n) is 8.90. The van der Waals surface area contributed by atoms with Crippen LogP contribution in [-0.4, -0.2) is 79.1 Å². The number of aromatic nitrogens is 6. The molecule has 36 heavy (non-hydrogen) atoms. The van der Waals surface area contributed by atoms with E-state index in [-0.39, 0.29) is 17.4 Å². The maximum absolute atomic E-state index is 14.7. The van der Waals surface area contributed by atoms with E-state index in [4.69, 9.17) is 0 Å². The minimum absolute atomic E-state index is 0.152. The second-order valence-corrected chi connectivity index (χ2v) is 8.90. The van der Waals surface area contributed by atoms with Gasteiger partial charge >= 0.3 is 6.18 Å². The summed E-state index contributed by atoms with van der Waals surface area (Å²) in [4.78, 5) is 15.4. The summed E-state index contributed by atoms with van der Waals surface area (Å²) in [7, 11) is 1.71. The molecule has 0 saturated carbocycles. The fourth-order valence-corrected chi connectivity index (χ4v) is 4.68. The molecule has 0 aromatic carbocycles. The minimum Gasteiger partial charge on any atom is -0.371 e. The number of rotatable bonds is 6. The molecule has 192 valence electrons. The van der Waals surface area contributed by atoms with E-state index in [0.717, 1.165) is 17.7 Å². The van der Waals surface area contributed by atoms with Gasteiger partial charge in [0.2, 0.25) is 5.95 Å². The number of fused-ring (bicyclic) bond motifs is 2. The van der Waals surface area contributed by atoms with Crippen LogP contribution in [0.25, 0.3) is 27.9 Å². The summed E-state index contributed by atoms with van der Waals surface area (Å²) in [5.74, 6) is 1.00. The highest BCUT2D eigenvalue weighted by Crippen LogP contribution is 2.31. The molecule has 0 unspecified atom stereocenters. The molecule has 1 fully saturated rings. The zero-order chi connectivity index (χ0) is 25.6. The smallest absolute Gasteiger partial charge is 0.371 e. The van der Waals surface area contributed by atoms with Crippen LogP contribution in [0.3, 0.4) is 0 Å². The first kappa shape index (κ1) is 24.2. The lowest BCUT2D eigenvalue weighted by Gasteiger charge is -2.34. The van der Waals surface area contributed by atoms with Crippen molar-refractivity contribution < 1.29 is 17.6 Å². The van der Waals surface area contributed by atoms with Gasteiger partial charge in [-0.15, -0.1) is 5.10 Å². The van der Waals surface area contributed by atoms with Gasteiger partial charge in [0.1, 0.15) is 29.6 Å². The molecule has 9 nitrogen and oxygen atoms in total. The molecule has 4 aromatic heterocycles. The van der Waals surface area contributed by atoms with Gasteiger partial charge in [-0.2, -0.15) is 18.2 Å². The number of nitrogens with zero attached hydrogens (tertiary/aromatic N) is 7. The van der Waals surface area contributed by atoms with Gasteiger partial charge in [-0.3, -0.25) is 0 Å². The van der Waals surface area contributed by atoms with Gasteiger partial charge in [0.15, 0.2) is 11.5 Å². The van der Waals surface area contributed by atoms with Gasteiger partial charge in [0.05, 0.1) is 11.7 Å². The number of anilines is 2. The number of piperidine rings is 1. The topological polar surface area (TPSA) is 88.2 Å². The highest BCUT2D eigenvalue weighted by Gasteiger charge is 2.31. The Labute approximate surface area is 204 Å². The summed E-state index contributed by atoms with van der Waals surface area (Å²) in [5, 5.41) is 10.7. The molecular formula is C23H27F4N9. The fourth-order valence-electron chi connectivity index (χ4n) is 4.68. The maximum Gasteiger partial charge on any atom is 0.406 e. The predicted molar refractivity (Wildman–Crippen MR) is 129 cm³/mol. The standard InChI is InChI=1S/C23H27F4N9/c1-4-34-9-8-17(15(24)11-34)31-22-32-20(28-3)19-14(7-10-36(19)33-22)16-5-6-18-21(30-16)35(13(2)29-18)12-23(25,26)27/h5-7,10,15,17H,4,8-9,11-12H2,1-3H3,(H2,28,31,32,33)/t15-,17+/m1/s1. The van der Waals surface area contributed by atoms with E-state index >= 15 is 0 Å². The quantitative estimate of drug-likeness (QED) is 0.385. The average molecular weight is 506 g/mol. The molecule has 1 aliphatic rings. The Morgan fingerprint density at radius 3 is 2.64 bits per heavy atom. The number of hydrogen-bond donors (Lipinski definition) is 2. The zero-order valence-corrected chi connectivity index (χ0v) is 20.1. The summed E-state index contributed by atoms with van der Waals surface area (Å²) >= 11 is 0. The van der Waals surface area contributed by atoms with E-state index < -0.39 is 24.9 Å². The van der Waals surface area contributed by atoms with Crippen LogP contribution in [0.2, 0.25) is 0 Å². The van der Waals surface area contributed by atoms with Crippen LogP contribution in [0.1, 0.15) is 19.2 Å². The van der Waals surface area contributed by atoms with Crippen molar-refractivity contribution in [2.45, 2.75) is 45.2 Å². The van der Waals surface area contributed by atoms with E-state index in [1.54, 1.807) is 36.0 Å². The average Bonchev–Trinajstić information content (AvgIpc) is 3.39. The molecule has 2 atom stereocenters. The van der Waals surface area contributed by atoms with Crippen molar-refractivity contribution in [3.05, 3.63) is 30.2 Å². The van der Waals surface area contributed by atoms with Gasteiger partial charge in [-0.05, 0) is 38.1 Å². The molecule has 1 aliphatic heterocycles. The third-order valence-corrected chi connectivity index (χ3v) is 6.53. The number of nitrogens with one attached hydrogen (secondary N) is 2. The van der Waals surface area contributed by atoms with Crippen LogP contribution in [0.15, 0.2) is 24.4 Å². The number of alkyl halides is 4. The molecule has 0 bridgehead atoms. The zero-order valence-electron chi connectivity index (χ0n) is 20.1.